The van der Waals surface area contributed by atoms with Gasteiger partial charge < -0.3 is 29.7 Å². The topological polar surface area (TPSA) is 0 Å². The maximum atomic E-state index is 5.39. The molecule has 0 aromatic heterocycles. The van der Waals surface area contributed by atoms with Crippen LogP contribution in [0, 0.1) is 43.6 Å². The maximum absolute atomic E-state index is 5.39. The molecule has 0 nitrogen and oxygen atoms in total. The Morgan fingerprint density at radius 2 is 1.00 bits per heavy atom. The molecule has 0 radical (unpaired) electrons. The molecule has 0 bridgehead atoms. The molecule has 0 aliphatic heterocycles. The monoisotopic (exact) mass is 596 g/mol. The predicted octanol–water partition coefficient (Wildman–Crippen LogP) is 9.27. The van der Waals surface area contributed by atoms with Crippen molar-refractivity contribution in [3.05, 3.63) is 114 Å². The number of hydrogen-bond donors (Lipinski definition) is 0. The van der Waals surface area contributed by atoms with E-state index in [2.05, 4.69) is 86.6 Å². The standard InChI is InChI=1S/2C10H9.C2H4.4CH3.2ClH.Hf/c2*1-8-6-9-4-2-3-5-10(9)7-8;1-2;;;;;;;/h2*2-7H,1H3;1H,2H3;4*1H3;2*1H;/q2*-1;;4*-1;;;+2/p-2. The zero-order chi connectivity index (χ0) is 18.2. The molecular formula is C26H34Cl2Hf-6. The summed E-state index contributed by atoms with van der Waals surface area (Å²) in [5, 5.41) is 5.39. The van der Waals surface area contributed by atoms with Crippen LogP contribution in [0.4, 0.5) is 0 Å². The second kappa shape index (κ2) is 16.7. The van der Waals surface area contributed by atoms with Gasteiger partial charge in [-0.1, -0.05) is 26.0 Å². The van der Waals surface area contributed by atoms with Gasteiger partial charge in [-0.25, -0.2) is 0 Å². The molecule has 0 amide bonds. The van der Waals surface area contributed by atoms with E-state index in [0.717, 1.165) is 0 Å². The summed E-state index contributed by atoms with van der Waals surface area (Å²) in [5.41, 5.74) is 2.70. The Morgan fingerprint density at radius 3 is 1.28 bits per heavy atom. The Balaban J connectivity index is -0.000000344. The van der Waals surface area contributed by atoms with Gasteiger partial charge in [-0.05, 0) is 0 Å². The van der Waals surface area contributed by atoms with E-state index in [1.807, 2.05) is 10.7 Å². The van der Waals surface area contributed by atoms with Crippen LogP contribution < -0.4 is 0 Å². The Bertz CT molecular complexity index is 819. The minimum absolute atomic E-state index is 0. The van der Waals surface area contributed by atoms with Crippen molar-refractivity contribution < 1.29 is 18.6 Å². The maximum Gasteiger partial charge on any atom is -0.0579 e. The average Bonchev–Trinajstić information content (AvgIpc) is 3.16. The number of aryl methyl sites for hydroxylation is 2. The minimum Gasteiger partial charge on any atom is -0.358 e. The van der Waals surface area contributed by atoms with Gasteiger partial charge in [0.2, 0.25) is 0 Å². The van der Waals surface area contributed by atoms with Crippen LogP contribution in [-0.4, -0.2) is 3.76 Å². The van der Waals surface area contributed by atoms with Gasteiger partial charge >= 0.3 is 46.4 Å². The van der Waals surface area contributed by atoms with Crippen molar-refractivity contribution in [1.82, 2.24) is 0 Å². The van der Waals surface area contributed by atoms with E-state index in [1.165, 1.54) is 32.7 Å². The Hall–Kier alpha value is -1.02. The number of hydrogen-bond acceptors (Lipinski definition) is 0. The molecular weight excluding hydrogens is 562 g/mol. The van der Waals surface area contributed by atoms with Crippen molar-refractivity contribution >= 4 is 42.5 Å². The van der Waals surface area contributed by atoms with E-state index in [-0.39, 0.29) is 29.7 Å². The number of fused-ring (bicyclic) bond motifs is 2. The van der Waals surface area contributed by atoms with Crippen molar-refractivity contribution in [2.45, 2.75) is 20.8 Å². The molecule has 4 aromatic rings. The summed E-state index contributed by atoms with van der Waals surface area (Å²) in [6, 6.07) is 25.7. The number of benzene rings is 2. The van der Waals surface area contributed by atoms with Crippen molar-refractivity contribution in [3.8, 4) is 0 Å². The van der Waals surface area contributed by atoms with Crippen LogP contribution in [0.3, 0.4) is 0 Å². The Morgan fingerprint density at radius 1 is 0.690 bits per heavy atom. The minimum atomic E-state index is -1.88. The fourth-order valence-electron chi connectivity index (χ4n) is 2.61. The van der Waals surface area contributed by atoms with Crippen molar-refractivity contribution in [2.24, 2.45) is 0 Å². The summed E-state index contributed by atoms with van der Waals surface area (Å²) in [4.78, 5) is 0. The molecule has 0 unspecified atom stereocenters. The van der Waals surface area contributed by atoms with Crippen LogP contribution >= 0.6 is 17.2 Å². The van der Waals surface area contributed by atoms with Crippen LogP contribution in [0.5, 0.6) is 0 Å². The first-order valence-corrected chi connectivity index (χ1v) is 19.2. The fourth-order valence-corrected chi connectivity index (χ4v) is 2.61. The van der Waals surface area contributed by atoms with Crippen molar-refractivity contribution in [1.29, 1.82) is 0 Å². The number of halogens is 2. The summed E-state index contributed by atoms with van der Waals surface area (Å²) in [6.45, 7) is 6.15. The first-order chi connectivity index (χ1) is 12.0. The third-order valence-corrected chi connectivity index (χ3v) is 8.88. The van der Waals surface area contributed by atoms with Gasteiger partial charge in [0.1, 0.15) is 0 Å². The quantitative estimate of drug-likeness (QED) is 0.140. The second-order valence-electron chi connectivity index (χ2n) is 5.90. The van der Waals surface area contributed by atoms with Gasteiger partial charge in [-0.3, -0.25) is 0 Å². The van der Waals surface area contributed by atoms with E-state index in [1.54, 1.807) is 0 Å². The molecule has 0 atom stereocenters. The SMILES string of the molecule is C[CH]=[Hf]([Cl])[Cl].Cc1cc2ccccc2[cH-]1.Cc1cc2ccccc2[cH-]1.[CH3-].[CH3-].[CH3-].[CH3-]. The van der Waals surface area contributed by atoms with Gasteiger partial charge in [-0.2, -0.15) is 12.1 Å². The summed E-state index contributed by atoms with van der Waals surface area (Å²) < 4.78 is 1.91. The molecule has 0 aliphatic rings. The average molecular weight is 596 g/mol. The van der Waals surface area contributed by atoms with Crippen LogP contribution in [0.2, 0.25) is 0 Å². The first kappa shape index (κ1) is 32.6. The third kappa shape index (κ3) is 11.1. The van der Waals surface area contributed by atoms with Crippen molar-refractivity contribution in [3.63, 3.8) is 0 Å². The van der Waals surface area contributed by atoms with Crippen LogP contribution in [0.15, 0.2) is 72.8 Å². The molecule has 162 valence electrons. The van der Waals surface area contributed by atoms with Gasteiger partial charge in [0.25, 0.3) is 0 Å². The van der Waals surface area contributed by atoms with E-state index < -0.39 is 18.6 Å². The zero-order valence-corrected chi connectivity index (χ0v) is 23.9. The molecule has 0 heterocycles. The van der Waals surface area contributed by atoms with E-state index in [9.17, 15) is 0 Å². The molecule has 0 saturated carbocycles. The van der Waals surface area contributed by atoms with Crippen LogP contribution in [0.25, 0.3) is 21.5 Å². The van der Waals surface area contributed by atoms with E-state index in [0.29, 0.717) is 0 Å². The van der Waals surface area contributed by atoms with Crippen molar-refractivity contribution in [2.75, 3.05) is 0 Å². The van der Waals surface area contributed by atoms with Crippen LogP contribution in [-0.2, 0) is 18.6 Å². The smallest absolute Gasteiger partial charge is 0.0579 e. The Kier molecular flexibility index (Phi) is 18.8. The van der Waals surface area contributed by atoms with Gasteiger partial charge in [-0.15, -0.1) is 81.2 Å². The summed E-state index contributed by atoms with van der Waals surface area (Å²) >= 11 is -1.88. The molecule has 0 fully saturated rings. The molecule has 29 heavy (non-hydrogen) atoms. The predicted molar refractivity (Wildman–Crippen MR) is 138 cm³/mol. The molecule has 3 heteroatoms. The van der Waals surface area contributed by atoms with E-state index in [4.69, 9.17) is 17.2 Å². The van der Waals surface area contributed by atoms with Gasteiger partial charge in [0.15, 0.2) is 0 Å². The second-order valence-corrected chi connectivity index (χ2v) is 18.3. The first-order valence-electron chi connectivity index (χ1n) is 8.21. The van der Waals surface area contributed by atoms with E-state index >= 15 is 0 Å². The molecule has 0 spiro atoms. The van der Waals surface area contributed by atoms with Gasteiger partial charge in [0.05, 0.1) is 0 Å². The third-order valence-electron chi connectivity index (χ3n) is 3.74. The summed E-state index contributed by atoms with van der Waals surface area (Å²) in [7, 11) is 10.8. The van der Waals surface area contributed by atoms with Gasteiger partial charge in [0, 0.05) is 0 Å². The van der Waals surface area contributed by atoms with Crippen LogP contribution in [0.1, 0.15) is 18.1 Å². The normalized spacial score (nSPS) is 8.45. The fraction of sp³-hybridized carbons (Fsp3) is 0.115. The Labute approximate surface area is 194 Å². The molecule has 0 saturated heterocycles. The molecule has 4 aromatic carbocycles. The number of rotatable bonds is 0. The summed E-state index contributed by atoms with van der Waals surface area (Å²) in [6.07, 6.45) is 0. The molecule has 0 N–H and O–H groups in total. The zero-order valence-electron chi connectivity index (χ0n) is 18.8. The largest absolute Gasteiger partial charge is 0.358 e. The molecule has 4 rings (SSSR count). The molecule has 0 aliphatic carbocycles. The summed E-state index contributed by atoms with van der Waals surface area (Å²) in [5.74, 6) is 0.